The molecule has 0 bridgehead atoms. The highest BCUT2D eigenvalue weighted by Crippen LogP contribution is 2.26. The van der Waals surface area contributed by atoms with Crippen molar-refractivity contribution in [2.45, 2.75) is 71.6 Å². The predicted octanol–water partition coefficient (Wildman–Crippen LogP) is 8.26. The molecule has 4 rings (SSSR count). The van der Waals surface area contributed by atoms with Crippen molar-refractivity contribution in [1.82, 2.24) is 15.0 Å². The molecule has 7 nitrogen and oxygen atoms in total. The van der Waals surface area contributed by atoms with Crippen LogP contribution in [0.1, 0.15) is 85.5 Å². The van der Waals surface area contributed by atoms with E-state index in [-0.39, 0.29) is 24.5 Å². The molecule has 1 atom stereocenters. The molecular formula is C34H39N3O4S. The molecule has 2 heterocycles. The maximum atomic E-state index is 12.7. The van der Waals surface area contributed by atoms with Gasteiger partial charge in [-0.1, -0.05) is 82.9 Å². The lowest BCUT2D eigenvalue weighted by molar-refractivity contribution is -0.141. The topological polar surface area (TPSA) is 102 Å². The van der Waals surface area contributed by atoms with Gasteiger partial charge >= 0.3 is 5.97 Å². The van der Waals surface area contributed by atoms with E-state index in [0.29, 0.717) is 10.7 Å². The van der Waals surface area contributed by atoms with Crippen LogP contribution in [0.3, 0.4) is 0 Å². The predicted molar refractivity (Wildman–Crippen MR) is 167 cm³/mol. The maximum absolute atomic E-state index is 12.7. The van der Waals surface area contributed by atoms with E-state index in [1.807, 2.05) is 62.4 Å². The number of carboxylic acids is 1. The van der Waals surface area contributed by atoms with Crippen molar-refractivity contribution >= 4 is 23.1 Å². The summed E-state index contributed by atoms with van der Waals surface area (Å²) in [6, 6.07) is 15.5. The SMILES string of the molecule is CCCCCCCOc1ccc(-c2cnc(-c3ccc(C[C@H](CC(=O)c4cnc(C(C)C)s4)C(=O)O)cc3)nc2)cc1. The summed E-state index contributed by atoms with van der Waals surface area (Å²) in [7, 11) is 0. The van der Waals surface area contributed by atoms with Crippen molar-refractivity contribution in [3.05, 3.63) is 82.6 Å². The van der Waals surface area contributed by atoms with Crippen molar-refractivity contribution in [3.63, 3.8) is 0 Å². The summed E-state index contributed by atoms with van der Waals surface area (Å²) < 4.78 is 5.87. The standard InChI is InChI=1S/C34H39N3O4S/c1-4-5-6-7-8-17-41-29-15-13-25(14-16-29)28-20-35-32(36-21-28)26-11-9-24(10-12-26)18-27(34(39)40)19-30(38)31-22-37-33(42-31)23(2)3/h9-16,20-23,27H,4-8,17-19H2,1-3H3,(H,39,40)/t27-/m1/s1. The van der Waals surface area contributed by atoms with E-state index >= 15 is 0 Å². The maximum Gasteiger partial charge on any atom is 0.307 e. The van der Waals surface area contributed by atoms with E-state index in [9.17, 15) is 14.7 Å². The van der Waals surface area contributed by atoms with Gasteiger partial charge in [0.15, 0.2) is 11.6 Å². The van der Waals surface area contributed by atoms with Crippen LogP contribution in [0.2, 0.25) is 0 Å². The molecule has 220 valence electrons. The summed E-state index contributed by atoms with van der Waals surface area (Å²) in [4.78, 5) is 38.6. The molecule has 1 N–H and O–H groups in total. The second-order valence-electron chi connectivity index (χ2n) is 10.9. The summed E-state index contributed by atoms with van der Waals surface area (Å²) in [5.74, 6) is -0.300. The zero-order chi connectivity index (χ0) is 29.9. The fourth-order valence-electron chi connectivity index (χ4n) is 4.59. The lowest BCUT2D eigenvalue weighted by Crippen LogP contribution is -2.20. The zero-order valence-corrected chi connectivity index (χ0v) is 25.4. The molecular weight excluding hydrogens is 546 g/mol. The van der Waals surface area contributed by atoms with E-state index in [1.165, 1.54) is 37.0 Å². The molecule has 0 aliphatic carbocycles. The highest BCUT2D eigenvalue weighted by molar-refractivity contribution is 7.13. The molecule has 0 spiro atoms. The summed E-state index contributed by atoms with van der Waals surface area (Å²) in [5, 5.41) is 10.7. The second-order valence-corrected chi connectivity index (χ2v) is 11.9. The Hall–Kier alpha value is -3.91. The zero-order valence-electron chi connectivity index (χ0n) is 24.6. The molecule has 0 unspecified atom stereocenters. The van der Waals surface area contributed by atoms with Crippen LogP contribution in [0.15, 0.2) is 67.1 Å². The lowest BCUT2D eigenvalue weighted by atomic mass is 9.93. The fourth-order valence-corrected chi connectivity index (χ4v) is 5.46. The number of carboxylic acid groups (broad SMARTS) is 1. The van der Waals surface area contributed by atoms with Crippen LogP contribution < -0.4 is 4.74 Å². The molecule has 0 amide bonds. The lowest BCUT2D eigenvalue weighted by Gasteiger charge is -2.12. The summed E-state index contributed by atoms with van der Waals surface area (Å²) in [5.41, 5.74) is 3.60. The van der Waals surface area contributed by atoms with Gasteiger partial charge in [0.05, 0.1) is 22.4 Å². The second kappa shape index (κ2) is 15.4. The molecule has 0 saturated carbocycles. The van der Waals surface area contributed by atoms with Gasteiger partial charge in [-0.05, 0) is 36.1 Å². The molecule has 2 aromatic carbocycles. The summed E-state index contributed by atoms with van der Waals surface area (Å²) >= 11 is 1.34. The number of ether oxygens (including phenoxy) is 1. The van der Waals surface area contributed by atoms with Gasteiger partial charge in [-0.25, -0.2) is 15.0 Å². The number of rotatable bonds is 16. The Balaban J connectivity index is 1.32. The summed E-state index contributed by atoms with van der Waals surface area (Å²) in [6.07, 6.45) is 11.4. The number of carbonyl (C=O) groups excluding carboxylic acids is 1. The first-order valence-electron chi connectivity index (χ1n) is 14.7. The van der Waals surface area contributed by atoms with Crippen LogP contribution in [-0.2, 0) is 11.2 Å². The Bertz CT molecular complexity index is 1430. The Labute approximate surface area is 252 Å². The van der Waals surface area contributed by atoms with Crippen LogP contribution in [0.25, 0.3) is 22.5 Å². The van der Waals surface area contributed by atoms with E-state index < -0.39 is 11.9 Å². The Morgan fingerprint density at radius 2 is 1.50 bits per heavy atom. The van der Waals surface area contributed by atoms with E-state index in [1.54, 1.807) is 18.6 Å². The number of hydrogen-bond donors (Lipinski definition) is 1. The minimum atomic E-state index is -0.984. The Kier molecular flexibility index (Phi) is 11.3. The number of ketones is 1. The number of benzene rings is 2. The number of hydrogen-bond acceptors (Lipinski definition) is 7. The number of aromatic nitrogens is 3. The smallest absolute Gasteiger partial charge is 0.307 e. The molecule has 42 heavy (non-hydrogen) atoms. The minimum Gasteiger partial charge on any atom is -0.494 e. The first kappa shape index (κ1) is 31.0. The molecule has 2 aromatic heterocycles. The quantitative estimate of drug-likeness (QED) is 0.104. The normalized spacial score (nSPS) is 11.9. The van der Waals surface area contributed by atoms with Gasteiger partial charge in [-0.15, -0.1) is 11.3 Å². The van der Waals surface area contributed by atoms with Crippen molar-refractivity contribution < 1.29 is 19.4 Å². The monoisotopic (exact) mass is 585 g/mol. The van der Waals surface area contributed by atoms with E-state index in [0.717, 1.165) is 46.0 Å². The third-order valence-electron chi connectivity index (χ3n) is 7.12. The van der Waals surface area contributed by atoms with Crippen LogP contribution in [0.5, 0.6) is 5.75 Å². The minimum absolute atomic E-state index is 0.0620. The largest absolute Gasteiger partial charge is 0.494 e. The highest BCUT2D eigenvalue weighted by Gasteiger charge is 2.24. The van der Waals surface area contributed by atoms with Gasteiger partial charge in [0, 0.05) is 42.1 Å². The Morgan fingerprint density at radius 3 is 2.12 bits per heavy atom. The van der Waals surface area contributed by atoms with Gasteiger partial charge in [0.1, 0.15) is 5.75 Å². The molecule has 0 fully saturated rings. The van der Waals surface area contributed by atoms with E-state index in [4.69, 9.17) is 4.74 Å². The molecule has 4 aromatic rings. The molecule has 0 saturated heterocycles. The van der Waals surface area contributed by atoms with Crippen LogP contribution in [0.4, 0.5) is 0 Å². The first-order valence-corrected chi connectivity index (χ1v) is 15.5. The van der Waals surface area contributed by atoms with Crippen molar-refractivity contribution in [2.24, 2.45) is 5.92 Å². The average Bonchev–Trinajstić information content (AvgIpc) is 3.51. The fraction of sp³-hybridized carbons (Fsp3) is 0.382. The average molecular weight is 586 g/mol. The van der Waals surface area contributed by atoms with Gasteiger partial charge in [0.2, 0.25) is 0 Å². The highest BCUT2D eigenvalue weighted by atomic mass is 32.1. The summed E-state index contributed by atoms with van der Waals surface area (Å²) in [6.45, 7) is 6.99. The Morgan fingerprint density at radius 1 is 0.833 bits per heavy atom. The number of nitrogens with zero attached hydrogens (tertiary/aromatic N) is 3. The third-order valence-corrected chi connectivity index (χ3v) is 8.46. The van der Waals surface area contributed by atoms with Gasteiger partial charge in [-0.3, -0.25) is 9.59 Å². The van der Waals surface area contributed by atoms with Gasteiger partial charge in [0.25, 0.3) is 0 Å². The van der Waals surface area contributed by atoms with E-state index in [2.05, 4.69) is 21.9 Å². The van der Waals surface area contributed by atoms with Crippen molar-refractivity contribution in [1.29, 1.82) is 0 Å². The molecule has 0 aliphatic rings. The van der Waals surface area contributed by atoms with Crippen LogP contribution in [0, 0.1) is 5.92 Å². The number of Topliss-reactive ketones (excluding diaryl/α,β-unsaturated/α-hetero) is 1. The number of unbranched alkanes of at least 4 members (excludes halogenated alkanes) is 4. The van der Waals surface area contributed by atoms with Crippen molar-refractivity contribution in [2.75, 3.05) is 6.61 Å². The van der Waals surface area contributed by atoms with Crippen LogP contribution >= 0.6 is 11.3 Å². The van der Waals surface area contributed by atoms with Crippen molar-refractivity contribution in [3.8, 4) is 28.3 Å². The van der Waals surface area contributed by atoms with Crippen LogP contribution in [-0.4, -0.2) is 38.4 Å². The molecule has 0 radical (unpaired) electrons. The first-order chi connectivity index (χ1) is 20.3. The third kappa shape index (κ3) is 8.79. The number of aliphatic carboxylic acids is 1. The number of carbonyl (C=O) groups is 2. The molecule has 8 heteroatoms. The number of thiazole rings is 1. The molecule has 0 aliphatic heterocycles. The van der Waals surface area contributed by atoms with Gasteiger partial charge in [-0.2, -0.15) is 0 Å². The van der Waals surface area contributed by atoms with Gasteiger partial charge < -0.3 is 9.84 Å².